The van der Waals surface area contributed by atoms with Gasteiger partial charge in [-0.2, -0.15) is 0 Å². The van der Waals surface area contributed by atoms with Crippen molar-refractivity contribution in [3.05, 3.63) is 34.9 Å². The second-order valence-corrected chi connectivity index (χ2v) is 5.44. The van der Waals surface area contributed by atoms with E-state index in [9.17, 15) is 0 Å². The van der Waals surface area contributed by atoms with Crippen LogP contribution in [0.5, 0.6) is 0 Å². The fraction of sp³-hybridized carbons (Fsp3) is 0.647. The van der Waals surface area contributed by atoms with E-state index in [1.807, 2.05) is 0 Å². The average molecular weight is 247 g/mol. The van der Waals surface area contributed by atoms with Crippen LogP contribution in [0, 0.1) is 19.8 Å². The van der Waals surface area contributed by atoms with Crippen LogP contribution in [0.15, 0.2) is 18.2 Å². The van der Waals surface area contributed by atoms with E-state index in [1.54, 1.807) is 0 Å². The summed E-state index contributed by atoms with van der Waals surface area (Å²) >= 11 is 0. The fourth-order valence-electron chi connectivity index (χ4n) is 2.97. The van der Waals surface area contributed by atoms with Crippen LogP contribution in [0.1, 0.15) is 50.3 Å². The largest absolute Gasteiger partial charge is 0.314 e. The molecule has 0 fully saturated rings. The zero-order valence-corrected chi connectivity index (χ0v) is 12.7. The fourth-order valence-corrected chi connectivity index (χ4v) is 2.97. The van der Waals surface area contributed by atoms with Crippen LogP contribution in [-0.2, 0) is 6.42 Å². The zero-order chi connectivity index (χ0) is 13.5. The van der Waals surface area contributed by atoms with Crippen LogP contribution in [0.25, 0.3) is 0 Å². The van der Waals surface area contributed by atoms with Gasteiger partial charge < -0.3 is 5.32 Å². The zero-order valence-electron chi connectivity index (χ0n) is 12.7. The second-order valence-electron chi connectivity index (χ2n) is 5.44. The summed E-state index contributed by atoms with van der Waals surface area (Å²) in [4.78, 5) is 0. The van der Waals surface area contributed by atoms with Crippen molar-refractivity contribution in [1.82, 2.24) is 5.32 Å². The highest BCUT2D eigenvalue weighted by atomic mass is 14.9. The molecule has 0 aliphatic heterocycles. The van der Waals surface area contributed by atoms with Gasteiger partial charge in [-0.05, 0) is 38.3 Å². The maximum atomic E-state index is 3.67. The van der Waals surface area contributed by atoms with Crippen LogP contribution in [0.4, 0.5) is 0 Å². The topological polar surface area (TPSA) is 12.0 Å². The Hall–Kier alpha value is -0.820. The van der Waals surface area contributed by atoms with Crippen molar-refractivity contribution in [2.75, 3.05) is 6.54 Å². The minimum absolute atomic E-state index is 0.617. The van der Waals surface area contributed by atoms with Crippen molar-refractivity contribution in [1.29, 1.82) is 0 Å². The molecular formula is C17H29N. The van der Waals surface area contributed by atoms with E-state index >= 15 is 0 Å². The summed E-state index contributed by atoms with van der Waals surface area (Å²) in [5.74, 6) is 0.783. The summed E-state index contributed by atoms with van der Waals surface area (Å²) < 4.78 is 0. The monoisotopic (exact) mass is 247 g/mol. The molecule has 1 aromatic rings. The van der Waals surface area contributed by atoms with Crippen LogP contribution < -0.4 is 5.32 Å². The van der Waals surface area contributed by atoms with Gasteiger partial charge in [0.1, 0.15) is 0 Å². The molecule has 0 aliphatic rings. The molecule has 0 spiro atoms. The van der Waals surface area contributed by atoms with Gasteiger partial charge in [0.2, 0.25) is 0 Å². The third-order valence-electron chi connectivity index (χ3n) is 3.82. The number of nitrogens with one attached hydrogen (secondary N) is 1. The van der Waals surface area contributed by atoms with Crippen molar-refractivity contribution in [2.24, 2.45) is 5.92 Å². The third kappa shape index (κ3) is 4.45. The minimum Gasteiger partial charge on any atom is -0.314 e. The summed E-state index contributed by atoms with van der Waals surface area (Å²) in [5, 5.41) is 3.67. The Labute approximate surface area is 113 Å². The van der Waals surface area contributed by atoms with Crippen LogP contribution in [0.3, 0.4) is 0 Å². The summed E-state index contributed by atoms with van der Waals surface area (Å²) in [7, 11) is 0. The molecule has 0 amide bonds. The summed E-state index contributed by atoms with van der Waals surface area (Å²) in [5.41, 5.74) is 4.24. The molecule has 102 valence electrons. The van der Waals surface area contributed by atoms with Crippen LogP contribution in [-0.4, -0.2) is 12.6 Å². The van der Waals surface area contributed by atoms with Crippen molar-refractivity contribution in [3.8, 4) is 0 Å². The van der Waals surface area contributed by atoms with E-state index in [1.165, 1.54) is 29.5 Å². The number of benzene rings is 1. The Morgan fingerprint density at radius 3 is 1.94 bits per heavy atom. The predicted octanol–water partition coefficient (Wildman–Crippen LogP) is 4.26. The van der Waals surface area contributed by atoms with Gasteiger partial charge in [-0.25, -0.2) is 0 Å². The van der Waals surface area contributed by atoms with Gasteiger partial charge >= 0.3 is 0 Å². The molecule has 0 aromatic heterocycles. The Morgan fingerprint density at radius 1 is 0.944 bits per heavy atom. The molecule has 1 unspecified atom stereocenters. The maximum Gasteiger partial charge on any atom is 0.0135 e. The van der Waals surface area contributed by atoms with Crippen LogP contribution in [0.2, 0.25) is 0 Å². The van der Waals surface area contributed by atoms with Gasteiger partial charge in [0, 0.05) is 6.04 Å². The quantitative estimate of drug-likeness (QED) is 0.759. The summed E-state index contributed by atoms with van der Waals surface area (Å²) in [6, 6.07) is 7.54. The summed E-state index contributed by atoms with van der Waals surface area (Å²) in [6.45, 7) is 12.3. The third-order valence-corrected chi connectivity index (χ3v) is 3.82. The van der Waals surface area contributed by atoms with E-state index in [0.717, 1.165) is 18.9 Å². The van der Waals surface area contributed by atoms with Crippen LogP contribution >= 0.6 is 0 Å². The Kier molecular flexibility index (Phi) is 6.42. The lowest BCUT2D eigenvalue weighted by atomic mass is 9.88. The molecule has 0 radical (unpaired) electrons. The first-order chi connectivity index (χ1) is 8.60. The molecule has 1 aromatic carbocycles. The summed E-state index contributed by atoms with van der Waals surface area (Å²) in [6.07, 6.45) is 3.68. The Balaban J connectivity index is 2.81. The number of likely N-dealkylation sites (N-methyl/N-ethyl adjacent to an activating group) is 1. The van der Waals surface area contributed by atoms with E-state index in [-0.39, 0.29) is 0 Å². The molecule has 0 bridgehead atoms. The first-order valence-corrected chi connectivity index (χ1v) is 7.41. The molecule has 1 atom stereocenters. The standard InChI is InChI=1S/C17H29N/c1-6-16(7-2)17(18-8-3)12-15-10-13(4)9-14(5)11-15/h9-11,16-18H,6-8,12H2,1-5H3. The van der Waals surface area contributed by atoms with E-state index < -0.39 is 0 Å². The number of hydrogen-bond donors (Lipinski definition) is 1. The average Bonchev–Trinajstić information content (AvgIpc) is 2.29. The Morgan fingerprint density at radius 2 is 1.50 bits per heavy atom. The number of rotatable bonds is 7. The lowest BCUT2D eigenvalue weighted by Crippen LogP contribution is -2.37. The molecule has 0 aliphatic carbocycles. The van der Waals surface area contributed by atoms with E-state index in [2.05, 4.69) is 58.1 Å². The minimum atomic E-state index is 0.617. The first-order valence-electron chi connectivity index (χ1n) is 7.41. The molecule has 1 nitrogen and oxygen atoms in total. The lowest BCUT2D eigenvalue weighted by Gasteiger charge is -2.26. The van der Waals surface area contributed by atoms with E-state index in [0.29, 0.717) is 6.04 Å². The number of hydrogen-bond acceptors (Lipinski definition) is 1. The van der Waals surface area contributed by atoms with Gasteiger partial charge in [-0.1, -0.05) is 62.9 Å². The van der Waals surface area contributed by atoms with Gasteiger partial charge in [0.05, 0.1) is 0 Å². The second kappa shape index (κ2) is 7.58. The molecule has 0 saturated heterocycles. The molecule has 0 saturated carbocycles. The van der Waals surface area contributed by atoms with Crippen molar-refractivity contribution in [3.63, 3.8) is 0 Å². The highest BCUT2D eigenvalue weighted by molar-refractivity contribution is 5.29. The molecule has 1 heteroatoms. The van der Waals surface area contributed by atoms with Gasteiger partial charge in [0.25, 0.3) is 0 Å². The highest BCUT2D eigenvalue weighted by Gasteiger charge is 2.17. The highest BCUT2D eigenvalue weighted by Crippen LogP contribution is 2.19. The van der Waals surface area contributed by atoms with Gasteiger partial charge in [0.15, 0.2) is 0 Å². The van der Waals surface area contributed by atoms with Crippen molar-refractivity contribution < 1.29 is 0 Å². The molecule has 1 rings (SSSR count). The van der Waals surface area contributed by atoms with Gasteiger partial charge in [-0.15, -0.1) is 0 Å². The van der Waals surface area contributed by atoms with Gasteiger partial charge in [-0.3, -0.25) is 0 Å². The van der Waals surface area contributed by atoms with Crippen molar-refractivity contribution in [2.45, 2.75) is 59.9 Å². The van der Waals surface area contributed by atoms with Crippen molar-refractivity contribution >= 4 is 0 Å². The first kappa shape index (κ1) is 15.2. The normalized spacial score (nSPS) is 13.0. The van der Waals surface area contributed by atoms with E-state index in [4.69, 9.17) is 0 Å². The smallest absolute Gasteiger partial charge is 0.0135 e. The number of aryl methyl sites for hydroxylation is 2. The lowest BCUT2D eigenvalue weighted by molar-refractivity contribution is 0.336. The molecule has 1 N–H and O–H groups in total. The molecule has 0 heterocycles. The predicted molar refractivity (Wildman–Crippen MR) is 81.2 cm³/mol. The SMILES string of the molecule is CCNC(Cc1cc(C)cc(C)c1)C(CC)CC. The molecular weight excluding hydrogens is 218 g/mol. The maximum absolute atomic E-state index is 3.67. The Bertz CT molecular complexity index is 332. The molecule has 18 heavy (non-hydrogen) atoms.